The molecule has 0 N–H and O–H groups in total. The molecule has 0 saturated carbocycles. The van der Waals surface area contributed by atoms with Crippen LogP contribution in [0, 0.1) is 0 Å². The molecule has 0 aliphatic carbocycles. The number of hydrogen-bond donors (Lipinski definition) is 0. The fraction of sp³-hybridized carbons (Fsp3) is 0.238. The van der Waals surface area contributed by atoms with Crippen LogP contribution >= 0.6 is 0 Å². The van der Waals surface area contributed by atoms with E-state index in [9.17, 15) is 9.59 Å². The molecule has 0 spiro atoms. The Morgan fingerprint density at radius 3 is 2.08 bits per heavy atom. The van der Waals surface area contributed by atoms with Crippen molar-refractivity contribution in [3.8, 4) is 11.1 Å². The van der Waals surface area contributed by atoms with Gasteiger partial charge in [-0.3, -0.25) is 4.79 Å². The monoisotopic (exact) mass is 350 g/mol. The molecule has 2 amide bonds. The number of carbonyl (C=O) groups is 2. The lowest BCUT2D eigenvalue weighted by molar-refractivity contribution is 0.0581. The van der Waals surface area contributed by atoms with E-state index < -0.39 is 0 Å². The van der Waals surface area contributed by atoms with Gasteiger partial charge >= 0.3 is 6.09 Å². The normalized spacial score (nSPS) is 14.0. The first kappa shape index (κ1) is 17.7. The molecule has 1 heterocycles. The molecule has 0 atom stereocenters. The molecule has 1 aliphatic heterocycles. The summed E-state index contributed by atoms with van der Waals surface area (Å²) in [6, 6.07) is 17.7. The van der Waals surface area contributed by atoms with Crippen LogP contribution in [-0.2, 0) is 4.74 Å². The largest absolute Gasteiger partial charge is 0.445 e. The molecule has 2 aromatic rings. The van der Waals surface area contributed by atoms with Crippen molar-refractivity contribution in [1.29, 1.82) is 0 Å². The third kappa shape index (κ3) is 4.11. The molecule has 5 heteroatoms. The number of nitrogens with zero attached hydrogens (tertiary/aromatic N) is 2. The Morgan fingerprint density at radius 2 is 1.46 bits per heavy atom. The van der Waals surface area contributed by atoms with E-state index in [4.69, 9.17) is 4.74 Å². The van der Waals surface area contributed by atoms with Crippen LogP contribution in [0.5, 0.6) is 0 Å². The Bertz CT molecular complexity index is 764. The van der Waals surface area contributed by atoms with Crippen LogP contribution < -0.4 is 0 Å². The molecule has 2 aromatic carbocycles. The van der Waals surface area contributed by atoms with Gasteiger partial charge in [-0.15, -0.1) is 0 Å². The van der Waals surface area contributed by atoms with Gasteiger partial charge in [0, 0.05) is 31.7 Å². The molecule has 26 heavy (non-hydrogen) atoms. The zero-order valence-corrected chi connectivity index (χ0v) is 14.6. The predicted octanol–water partition coefficient (Wildman–Crippen LogP) is 3.43. The molecule has 0 aromatic heterocycles. The van der Waals surface area contributed by atoms with Gasteiger partial charge in [0.2, 0.25) is 0 Å². The summed E-state index contributed by atoms with van der Waals surface area (Å²) in [5.74, 6) is -0.0104. The molecule has 5 nitrogen and oxygen atoms in total. The second-order valence-electron chi connectivity index (χ2n) is 6.09. The van der Waals surface area contributed by atoms with E-state index >= 15 is 0 Å². The Balaban J connectivity index is 1.58. The zero-order chi connectivity index (χ0) is 18.4. The summed E-state index contributed by atoms with van der Waals surface area (Å²) in [6.07, 6.45) is 1.18. The van der Waals surface area contributed by atoms with Crippen LogP contribution in [-0.4, -0.2) is 54.6 Å². The maximum absolute atomic E-state index is 12.7. The molecule has 0 radical (unpaired) electrons. The number of hydrogen-bond acceptors (Lipinski definition) is 3. The average Bonchev–Trinajstić information content (AvgIpc) is 2.72. The van der Waals surface area contributed by atoms with Crippen LogP contribution in [0.2, 0.25) is 0 Å². The van der Waals surface area contributed by atoms with Gasteiger partial charge in [-0.25, -0.2) is 4.79 Å². The van der Waals surface area contributed by atoms with Gasteiger partial charge in [0.15, 0.2) is 0 Å². The molecular formula is C21H22N2O3. The van der Waals surface area contributed by atoms with Crippen molar-refractivity contribution in [3.05, 3.63) is 72.8 Å². The Hall–Kier alpha value is -3.08. The predicted molar refractivity (Wildman–Crippen MR) is 101 cm³/mol. The number of rotatable bonds is 4. The maximum atomic E-state index is 12.7. The maximum Gasteiger partial charge on any atom is 0.410 e. The first-order valence-electron chi connectivity index (χ1n) is 8.66. The molecule has 134 valence electrons. The summed E-state index contributed by atoms with van der Waals surface area (Å²) in [6.45, 7) is 5.68. The Morgan fingerprint density at radius 1 is 0.885 bits per heavy atom. The molecule has 1 fully saturated rings. The number of ether oxygens (including phenoxy) is 1. The summed E-state index contributed by atoms with van der Waals surface area (Å²) in [5, 5.41) is 0. The van der Waals surface area contributed by atoms with E-state index in [0.717, 1.165) is 11.1 Å². The fourth-order valence-corrected chi connectivity index (χ4v) is 2.93. The lowest BCUT2D eigenvalue weighted by Crippen LogP contribution is -2.50. The quantitative estimate of drug-likeness (QED) is 0.794. The van der Waals surface area contributed by atoms with E-state index in [0.29, 0.717) is 31.7 Å². The van der Waals surface area contributed by atoms with Crippen LogP contribution in [0.1, 0.15) is 10.4 Å². The van der Waals surface area contributed by atoms with Gasteiger partial charge in [-0.2, -0.15) is 0 Å². The standard InChI is InChI=1S/C21H22N2O3/c1-2-16-26-21(25)23-14-12-22(13-15-23)20(24)19-10-8-18(9-11-19)17-6-4-3-5-7-17/h2-11H,1,12-16H2. The van der Waals surface area contributed by atoms with Crippen molar-refractivity contribution in [3.63, 3.8) is 0 Å². The Labute approximate surface area is 153 Å². The van der Waals surface area contributed by atoms with E-state index in [1.165, 1.54) is 6.08 Å². The van der Waals surface area contributed by atoms with Crippen LogP contribution in [0.25, 0.3) is 11.1 Å². The lowest BCUT2D eigenvalue weighted by Gasteiger charge is -2.34. The van der Waals surface area contributed by atoms with Crippen molar-refractivity contribution in [2.45, 2.75) is 0 Å². The van der Waals surface area contributed by atoms with Gasteiger partial charge in [0.1, 0.15) is 6.61 Å². The summed E-state index contributed by atoms with van der Waals surface area (Å²) in [4.78, 5) is 27.9. The molecule has 3 rings (SSSR count). The second-order valence-corrected chi connectivity index (χ2v) is 6.09. The minimum atomic E-state index is -0.357. The molecule has 1 saturated heterocycles. The SMILES string of the molecule is C=CCOC(=O)N1CCN(C(=O)c2ccc(-c3ccccc3)cc2)CC1. The van der Waals surface area contributed by atoms with Gasteiger partial charge in [0.05, 0.1) is 0 Å². The van der Waals surface area contributed by atoms with Crippen LogP contribution in [0.4, 0.5) is 4.79 Å². The highest BCUT2D eigenvalue weighted by Crippen LogP contribution is 2.20. The third-order valence-corrected chi connectivity index (χ3v) is 4.39. The van der Waals surface area contributed by atoms with E-state index in [1.54, 1.807) is 9.80 Å². The first-order valence-corrected chi connectivity index (χ1v) is 8.66. The average molecular weight is 350 g/mol. The molecule has 0 unspecified atom stereocenters. The molecule has 0 bridgehead atoms. The lowest BCUT2D eigenvalue weighted by atomic mass is 10.0. The van der Waals surface area contributed by atoms with Crippen LogP contribution in [0.15, 0.2) is 67.3 Å². The summed E-state index contributed by atoms with van der Waals surface area (Å²) < 4.78 is 5.03. The van der Waals surface area contributed by atoms with Gasteiger partial charge in [-0.05, 0) is 23.3 Å². The summed E-state index contributed by atoms with van der Waals surface area (Å²) >= 11 is 0. The van der Waals surface area contributed by atoms with Gasteiger partial charge in [0.25, 0.3) is 5.91 Å². The van der Waals surface area contributed by atoms with Gasteiger partial charge in [-0.1, -0.05) is 55.1 Å². The Kier molecular flexibility index (Phi) is 5.69. The first-order chi connectivity index (χ1) is 12.7. The summed E-state index contributed by atoms with van der Waals surface area (Å²) in [7, 11) is 0. The molecular weight excluding hydrogens is 328 g/mol. The fourth-order valence-electron chi connectivity index (χ4n) is 2.93. The minimum Gasteiger partial charge on any atom is -0.445 e. The van der Waals surface area contributed by atoms with Crippen molar-refractivity contribution in [2.24, 2.45) is 0 Å². The number of carbonyl (C=O) groups excluding carboxylic acids is 2. The number of piperazine rings is 1. The highest BCUT2D eigenvalue weighted by molar-refractivity contribution is 5.94. The zero-order valence-electron chi connectivity index (χ0n) is 14.6. The van der Waals surface area contributed by atoms with Crippen molar-refractivity contribution in [1.82, 2.24) is 9.80 Å². The van der Waals surface area contributed by atoms with E-state index in [-0.39, 0.29) is 18.6 Å². The third-order valence-electron chi connectivity index (χ3n) is 4.39. The van der Waals surface area contributed by atoms with Gasteiger partial charge < -0.3 is 14.5 Å². The topological polar surface area (TPSA) is 49.9 Å². The van der Waals surface area contributed by atoms with Crippen molar-refractivity contribution in [2.75, 3.05) is 32.8 Å². The number of benzene rings is 2. The van der Waals surface area contributed by atoms with Crippen molar-refractivity contribution < 1.29 is 14.3 Å². The van der Waals surface area contributed by atoms with Crippen LogP contribution in [0.3, 0.4) is 0 Å². The van der Waals surface area contributed by atoms with E-state index in [2.05, 4.69) is 6.58 Å². The van der Waals surface area contributed by atoms with E-state index in [1.807, 2.05) is 54.6 Å². The van der Waals surface area contributed by atoms with Crippen molar-refractivity contribution >= 4 is 12.0 Å². The minimum absolute atomic E-state index is 0.0104. The highest BCUT2D eigenvalue weighted by Gasteiger charge is 2.25. The smallest absolute Gasteiger partial charge is 0.410 e. The number of amides is 2. The second kappa shape index (κ2) is 8.34. The summed E-state index contributed by atoms with van der Waals surface area (Å²) in [5.41, 5.74) is 2.86. The molecule has 1 aliphatic rings. The highest BCUT2D eigenvalue weighted by atomic mass is 16.6.